The number of urea groups is 1. The van der Waals surface area contributed by atoms with Crippen molar-refractivity contribution in [1.29, 1.82) is 0 Å². The van der Waals surface area contributed by atoms with Crippen molar-refractivity contribution >= 4 is 29.1 Å². The molecule has 4 rings (SSSR count). The number of hydrogen-bond donors (Lipinski definition) is 3. The SMILES string of the molecule is CC(C)CN(c1ccc(C2(C(=O)O)CCCC2)cc1NC(=O)Nc1ccc(F)cc1F)C1CCC(F)(F)CC1. The molecular formula is C29H35F4N3O3. The van der Waals surface area contributed by atoms with E-state index >= 15 is 0 Å². The van der Waals surface area contributed by atoms with Crippen molar-refractivity contribution in [3.63, 3.8) is 0 Å². The molecule has 212 valence electrons. The number of carboxylic acids is 1. The molecule has 0 radical (unpaired) electrons. The quantitative estimate of drug-likeness (QED) is 0.297. The molecule has 0 aliphatic heterocycles. The van der Waals surface area contributed by atoms with E-state index in [2.05, 4.69) is 10.6 Å². The molecule has 2 amide bonds. The van der Waals surface area contributed by atoms with E-state index in [1.807, 2.05) is 18.7 Å². The number of carboxylic acid groups (broad SMARTS) is 1. The van der Waals surface area contributed by atoms with Crippen LogP contribution >= 0.6 is 0 Å². The molecule has 39 heavy (non-hydrogen) atoms. The minimum absolute atomic E-state index is 0.169. The number of aliphatic carboxylic acids is 1. The van der Waals surface area contributed by atoms with Crippen molar-refractivity contribution in [3.05, 3.63) is 53.6 Å². The summed E-state index contributed by atoms with van der Waals surface area (Å²) in [6.07, 6.45) is 2.51. The van der Waals surface area contributed by atoms with Gasteiger partial charge in [-0.15, -0.1) is 0 Å². The van der Waals surface area contributed by atoms with Crippen LogP contribution < -0.4 is 15.5 Å². The number of anilines is 3. The Balaban J connectivity index is 1.72. The van der Waals surface area contributed by atoms with Gasteiger partial charge in [0, 0.05) is 31.5 Å². The van der Waals surface area contributed by atoms with Crippen LogP contribution in [0.2, 0.25) is 0 Å². The van der Waals surface area contributed by atoms with Crippen LogP contribution in [-0.2, 0) is 10.2 Å². The van der Waals surface area contributed by atoms with E-state index in [0.29, 0.717) is 42.4 Å². The predicted molar refractivity (Wildman–Crippen MR) is 143 cm³/mol. The summed E-state index contributed by atoms with van der Waals surface area (Å²) in [6.45, 7) is 4.55. The number of amides is 2. The number of benzene rings is 2. The summed E-state index contributed by atoms with van der Waals surface area (Å²) in [4.78, 5) is 27.4. The molecule has 3 N–H and O–H groups in total. The van der Waals surface area contributed by atoms with E-state index in [1.165, 1.54) is 0 Å². The van der Waals surface area contributed by atoms with Crippen LogP contribution in [0.5, 0.6) is 0 Å². The second kappa shape index (κ2) is 11.4. The number of nitrogens with zero attached hydrogens (tertiary/aromatic N) is 1. The number of rotatable bonds is 8. The third-order valence-corrected chi connectivity index (χ3v) is 7.84. The van der Waals surface area contributed by atoms with Gasteiger partial charge in [-0.25, -0.2) is 22.4 Å². The van der Waals surface area contributed by atoms with Crippen LogP contribution in [0.4, 0.5) is 39.4 Å². The van der Waals surface area contributed by atoms with Crippen molar-refractivity contribution in [3.8, 4) is 0 Å². The Morgan fingerprint density at radius 1 is 0.974 bits per heavy atom. The van der Waals surface area contributed by atoms with Gasteiger partial charge < -0.3 is 20.6 Å². The average molecular weight is 550 g/mol. The van der Waals surface area contributed by atoms with Crippen LogP contribution in [0.15, 0.2) is 36.4 Å². The highest BCUT2D eigenvalue weighted by Crippen LogP contribution is 2.45. The Morgan fingerprint density at radius 2 is 1.62 bits per heavy atom. The first-order chi connectivity index (χ1) is 18.4. The Bertz CT molecular complexity index is 1200. The van der Waals surface area contributed by atoms with Crippen molar-refractivity contribution in [1.82, 2.24) is 0 Å². The largest absolute Gasteiger partial charge is 0.481 e. The van der Waals surface area contributed by atoms with Crippen LogP contribution in [0, 0.1) is 17.6 Å². The summed E-state index contributed by atoms with van der Waals surface area (Å²) in [5.74, 6) is -5.21. The fourth-order valence-corrected chi connectivity index (χ4v) is 5.83. The zero-order valence-electron chi connectivity index (χ0n) is 22.2. The van der Waals surface area contributed by atoms with Gasteiger partial charge in [0.25, 0.3) is 0 Å². The lowest BCUT2D eigenvalue weighted by atomic mass is 9.78. The maximum atomic E-state index is 14.2. The number of halogens is 4. The van der Waals surface area contributed by atoms with E-state index in [4.69, 9.17) is 0 Å². The second-order valence-corrected chi connectivity index (χ2v) is 11.2. The average Bonchev–Trinajstić information content (AvgIpc) is 3.36. The summed E-state index contributed by atoms with van der Waals surface area (Å²) in [7, 11) is 0. The monoisotopic (exact) mass is 549 g/mol. The predicted octanol–water partition coefficient (Wildman–Crippen LogP) is 7.55. The summed E-state index contributed by atoms with van der Waals surface area (Å²) in [5, 5.41) is 15.3. The molecule has 0 bridgehead atoms. The van der Waals surface area contributed by atoms with E-state index in [0.717, 1.165) is 25.0 Å². The van der Waals surface area contributed by atoms with Gasteiger partial charge in [0.05, 0.1) is 22.5 Å². The molecule has 10 heteroatoms. The van der Waals surface area contributed by atoms with Crippen LogP contribution in [-0.4, -0.2) is 35.6 Å². The maximum Gasteiger partial charge on any atom is 0.323 e. The molecular weight excluding hydrogens is 514 g/mol. The highest BCUT2D eigenvalue weighted by Gasteiger charge is 2.44. The standard InChI is InChI=1S/C29H35F4N3O3/c1-18(2)17-36(21-9-13-29(32,33)14-10-21)25-8-5-19(28(26(37)38)11-3-4-12-28)15-24(25)35-27(39)34-23-7-6-20(30)16-22(23)31/h5-8,15-16,18,21H,3-4,9-14,17H2,1-2H3,(H,37,38)(H2,34,35,39). The molecule has 2 aromatic rings. The van der Waals surface area contributed by atoms with Gasteiger partial charge in [-0.3, -0.25) is 4.79 Å². The smallest absolute Gasteiger partial charge is 0.323 e. The highest BCUT2D eigenvalue weighted by atomic mass is 19.3. The Labute approximate surface area is 225 Å². The minimum Gasteiger partial charge on any atom is -0.481 e. The summed E-state index contributed by atoms with van der Waals surface area (Å²) >= 11 is 0. The third-order valence-electron chi connectivity index (χ3n) is 7.84. The summed E-state index contributed by atoms with van der Waals surface area (Å²) in [5.41, 5.74) is 0.107. The number of carbonyl (C=O) groups is 2. The summed E-state index contributed by atoms with van der Waals surface area (Å²) < 4.78 is 55.5. The molecule has 0 aromatic heterocycles. The maximum absolute atomic E-state index is 14.2. The molecule has 0 heterocycles. The molecule has 0 unspecified atom stereocenters. The fraction of sp³-hybridized carbons (Fsp3) is 0.517. The van der Waals surface area contributed by atoms with Crippen LogP contribution in [0.25, 0.3) is 0 Å². The van der Waals surface area contributed by atoms with Gasteiger partial charge in [-0.2, -0.15) is 0 Å². The first-order valence-corrected chi connectivity index (χ1v) is 13.5. The van der Waals surface area contributed by atoms with Gasteiger partial charge in [-0.05, 0) is 61.4 Å². The lowest BCUT2D eigenvalue weighted by molar-refractivity contribution is -0.143. The molecule has 0 spiro atoms. The first kappa shape index (κ1) is 28.7. The van der Waals surface area contributed by atoms with Crippen molar-refractivity contribution < 1.29 is 32.3 Å². The molecule has 6 nitrogen and oxygen atoms in total. The zero-order valence-corrected chi connectivity index (χ0v) is 22.2. The van der Waals surface area contributed by atoms with Crippen LogP contribution in [0.1, 0.15) is 70.8 Å². The van der Waals surface area contributed by atoms with E-state index < -0.39 is 35.0 Å². The van der Waals surface area contributed by atoms with Gasteiger partial charge >= 0.3 is 12.0 Å². The first-order valence-electron chi connectivity index (χ1n) is 13.5. The topological polar surface area (TPSA) is 81.7 Å². The van der Waals surface area contributed by atoms with Crippen molar-refractivity contribution in [2.24, 2.45) is 5.92 Å². The minimum atomic E-state index is -2.71. The Morgan fingerprint density at radius 3 is 2.21 bits per heavy atom. The number of nitrogens with one attached hydrogen (secondary N) is 2. The van der Waals surface area contributed by atoms with Crippen molar-refractivity contribution in [2.75, 3.05) is 22.1 Å². The molecule has 2 saturated carbocycles. The molecule has 2 aliphatic carbocycles. The highest BCUT2D eigenvalue weighted by molar-refractivity contribution is 6.02. The number of hydrogen-bond acceptors (Lipinski definition) is 3. The van der Waals surface area contributed by atoms with Gasteiger partial charge in [0.1, 0.15) is 11.6 Å². The Hall–Kier alpha value is -3.30. The van der Waals surface area contributed by atoms with Crippen LogP contribution in [0.3, 0.4) is 0 Å². The molecule has 2 fully saturated rings. The molecule has 2 aliphatic rings. The molecule has 0 saturated heterocycles. The van der Waals surface area contributed by atoms with E-state index in [9.17, 15) is 32.3 Å². The van der Waals surface area contributed by atoms with E-state index in [1.54, 1.807) is 18.2 Å². The lowest BCUT2D eigenvalue weighted by Gasteiger charge is -2.40. The van der Waals surface area contributed by atoms with E-state index in [-0.39, 0.29) is 43.3 Å². The zero-order chi connectivity index (χ0) is 28.4. The molecule has 2 aromatic carbocycles. The van der Waals surface area contributed by atoms with Gasteiger partial charge in [0.15, 0.2) is 0 Å². The number of carbonyl (C=O) groups excluding carboxylic acids is 1. The van der Waals surface area contributed by atoms with Gasteiger partial charge in [0.2, 0.25) is 5.92 Å². The van der Waals surface area contributed by atoms with Crippen molar-refractivity contribution in [2.45, 2.75) is 82.6 Å². The normalized spacial score (nSPS) is 18.6. The lowest BCUT2D eigenvalue weighted by Crippen LogP contribution is -2.43. The molecule has 0 atom stereocenters. The second-order valence-electron chi connectivity index (χ2n) is 11.2. The third kappa shape index (κ3) is 6.47. The fourth-order valence-electron chi connectivity index (χ4n) is 5.83. The number of alkyl halides is 2. The van der Waals surface area contributed by atoms with Gasteiger partial charge in [-0.1, -0.05) is 32.8 Å². The summed E-state index contributed by atoms with van der Waals surface area (Å²) in [6, 6.07) is 6.92. The Kier molecular flexibility index (Phi) is 8.42.